The molecule has 0 radical (unpaired) electrons. The Morgan fingerprint density at radius 1 is 1.33 bits per heavy atom. The van der Waals surface area contributed by atoms with Crippen molar-refractivity contribution in [3.05, 3.63) is 0 Å². The highest BCUT2D eigenvalue weighted by molar-refractivity contribution is 4.89. The zero-order valence-corrected chi connectivity index (χ0v) is 5.55. The standard InChI is InChI=1S/C7H13NO/c8-6-3-5-1-2-9-7(5)4-6/h5-7H,1-4,8H2. The normalized spacial score (nSPS) is 49.7. The molecule has 0 aromatic rings. The van der Waals surface area contributed by atoms with E-state index in [1.54, 1.807) is 0 Å². The minimum absolute atomic E-state index is 0.431. The molecule has 0 amide bonds. The summed E-state index contributed by atoms with van der Waals surface area (Å²) in [6.07, 6.45) is 4.08. The molecular weight excluding hydrogens is 114 g/mol. The lowest BCUT2D eigenvalue weighted by molar-refractivity contribution is 0.101. The molecule has 2 nitrogen and oxygen atoms in total. The third-order valence-electron chi connectivity index (χ3n) is 2.49. The van der Waals surface area contributed by atoms with Crippen LogP contribution in [0.4, 0.5) is 0 Å². The minimum atomic E-state index is 0.431. The van der Waals surface area contributed by atoms with Gasteiger partial charge in [-0.15, -0.1) is 0 Å². The highest BCUT2D eigenvalue weighted by atomic mass is 16.5. The van der Waals surface area contributed by atoms with Gasteiger partial charge in [0.25, 0.3) is 0 Å². The average molecular weight is 127 g/mol. The zero-order chi connectivity index (χ0) is 6.27. The van der Waals surface area contributed by atoms with E-state index in [2.05, 4.69) is 0 Å². The highest BCUT2D eigenvalue weighted by Gasteiger charge is 2.36. The Hall–Kier alpha value is -0.0800. The lowest BCUT2D eigenvalue weighted by atomic mass is 10.1. The van der Waals surface area contributed by atoms with E-state index in [1.165, 1.54) is 12.8 Å². The van der Waals surface area contributed by atoms with Gasteiger partial charge in [-0.05, 0) is 25.2 Å². The van der Waals surface area contributed by atoms with Crippen molar-refractivity contribution in [2.45, 2.75) is 31.4 Å². The van der Waals surface area contributed by atoms with Crippen LogP contribution in [0.1, 0.15) is 19.3 Å². The van der Waals surface area contributed by atoms with Gasteiger partial charge in [-0.25, -0.2) is 0 Å². The first-order valence-electron chi connectivity index (χ1n) is 3.73. The molecule has 0 bridgehead atoms. The van der Waals surface area contributed by atoms with Crippen LogP contribution < -0.4 is 5.73 Å². The molecule has 0 aromatic heterocycles. The van der Waals surface area contributed by atoms with Crippen molar-refractivity contribution in [2.24, 2.45) is 11.7 Å². The Kier molecular flexibility index (Phi) is 1.24. The maximum Gasteiger partial charge on any atom is 0.0619 e. The number of hydrogen-bond acceptors (Lipinski definition) is 2. The molecule has 0 spiro atoms. The monoisotopic (exact) mass is 127 g/mol. The summed E-state index contributed by atoms with van der Waals surface area (Å²) in [6, 6.07) is 0.431. The smallest absolute Gasteiger partial charge is 0.0619 e. The molecule has 1 saturated heterocycles. The van der Waals surface area contributed by atoms with Gasteiger partial charge in [0.2, 0.25) is 0 Å². The van der Waals surface area contributed by atoms with E-state index < -0.39 is 0 Å². The third kappa shape index (κ3) is 0.864. The quantitative estimate of drug-likeness (QED) is 0.514. The van der Waals surface area contributed by atoms with E-state index in [1.807, 2.05) is 0 Å². The van der Waals surface area contributed by atoms with Gasteiger partial charge in [0.1, 0.15) is 0 Å². The molecule has 0 aromatic carbocycles. The van der Waals surface area contributed by atoms with Crippen LogP contribution in [0.3, 0.4) is 0 Å². The van der Waals surface area contributed by atoms with Gasteiger partial charge in [0.05, 0.1) is 6.10 Å². The Balaban J connectivity index is 2.02. The van der Waals surface area contributed by atoms with Crippen LogP contribution in [-0.2, 0) is 4.74 Å². The van der Waals surface area contributed by atoms with Crippen molar-refractivity contribution in [1.29, 1.82) is 0 Å². The summed E-state index contributed by atoms with van der Waals surface area (Å²) in [4.78, 5) is 0. The van der Waals surface area contributed by atoms with Crippen LogP contribution in [0.15, 0.2) is 0 Å². The average Bonchev–Trinajstić information content (AvgIpc) is 2.22. The Labute approximate surface area is 55.4 Å². The fourth-order valence-corrected chi connectivity index (χ4v) is 2.01. The number of ether oxygens (including phenoxy) is 1. The Morgan fingerprint density at radius 2 is 2.22 bits per heavy atom. The second kappa shape index (κ2) is 1.96. The van der Waals surface area contributed by atoms with Crippen LogP contribution >= 0.6 is 0 Å². The lowest BCUT2D eigenvalue weighted by Crippen LogP contribution is -2.17. The number of nitrogens with two attached hydrogens (primary N) is 1. The van der Waals surface area contributed by atoms with E-state index in [-0.39, 0.29) is 0 Å². The van der Waals surface area contributed by atoms with Crippen molar-refractivity contribution in [1.82, 2.24) is 0 Å². The van der Waals surface area contributed by atoms with Gasteiger partial charge in [0, 0.05) is 12.6 Å². The molecule has 1 saturated carbocycles. The molecule has 1 heterocycles. The molecule has 3 atom stereocenters. The maximum absolute atomic E-state index is 5.74. The van der Waals surface area contributed by atoms with Crippen molar-refractivity contribution in [3.8, 4) is 0 Å². The molecule has 2 rings (SSSR count). The second-order valence-electron chi connectivity index (χ2n) is 3.19. The van der Waals surface area contributed by atoms with E-state index >= 15 is 0 Å². The van der Waals surface area contributed by atoms with E-state index in [0.717, 1.165) is 18.9 Å². The summed E-state index contributed by atoms with van der Waals surface area (Å²) in [5.74, 6) is 0.806. The summed E-state index contributed by atoms with van der Waals surface area (Å²) in [7, 11) is 0. The molecule has 2 aliphatic rings. The number of rotatable bonds is 0. The van der Waals surface area contributed by atoms with Crippen molar-refractivity contribution in [2.75, 3.05) is 6.61 Å². The molecule has 1 aliphatic heterocycles. The lowest BCUT2D eigenvalue weighted by Gasteiger charge is -2.04. The fourth-order valence-electron chi connectivity index (χ4n) is 2.01. The molecular formula is C7H13NO. The summed E-state index contributed by atoms with van der Waals surface area (Å²) in [6.45, 7) is 0.974. The van der Waals surface area contributed by atoms with Gasteiger partial charge in [0.15, 0.2) is 0 Å². The summed E-state index contributed by atoms with van der Waals surface area (Å²) in [5, 5.41) is 0. The number of hydrogen-bond donors (Lipinski definition) is 1. The van der Waals surface area contributed by atoms with Crippen molar-refractivity contribution in [3.63, 3.8) is 0 Å². The van der Waals surface area contributed by atoms with Gasteiger partial charge >= 0.3 is 0 Å². The van der Waals surface area contributed by atoms with Gasteiger partial charge in [-0.3, -0.25) is 0 Å². The van der Waals surface area contributed by atoms with Crippen LogP contribution in [0.5, 0.6) is 0 Å². The first kappa shape index (κ1) is 5.69. The van der Waals surface area contributed by atoms with Gasteiger partial charge in [-0.1, -0.05) is 0 Å². The van der Waals surface area contributed by atoms with Crippen LogP contribution in [0.25, 0.3) is 0 Å². The van der Waals surface area contributed by atoms with E-state index in [9.17, 15) is 0 Å². The molecule has 2 heteroatoms. The van der Waals surface area contributed by atoms with Crippen LogP contribution in [0, 0.1) is 5.92 Å². The SMILES string of the molecule is NC1CC2CCOC2C1. The molecule has 52 valence electrons. The maximum atomic E-state index is 5.74. The molecule has 9 heavy (non-hydrogen) atoms. The third-order valence-corrected chi connectivity index (χ3v) is 2.49. The van der Waals surface area contributed by atoms with Crippen LogP contribution in [-0.4, -0.2) is 18.8 Å². The van der Waals surface area contributed by atoms with Gasteiger partial charge < -0.3 is 10.5 Å². The Morgan fingerprint density at radius 3 is 3.00 bits per heavy atom. The minimum Gasteiger partial charge on any atom is -0.378 e. The predicted octanol–water partition coefficient (Wildman–Crippen LogP) is 0.513. The van der Waals surface area contributed by atoms with E-state index in [4.69, 9.17) is 10.5 Å². The second-order valence-corrected chi connectivity index (χ2v) is 3.19. The largest absolute Gasteiger partial charge is 0.378 e. The molecule has 1 aliphatic carbocycles. The molecule has 2 fully saturated rings. The first-order valence-corrected chi connectivity index (χ1v) is 3.73. The number of fused-ring (bicyclic) bond motifs is 1. The highest BCUT2D eigenvalue weighted by Crippen LogP contribution is 2.34. The first-order chi connectivity index (χ1) is 4.36. The summed E-state index contributed by atoms with van der Waals surface area (Å²) >= 11 is 0. The zero-order valence-electron chi connectivity index (χ0n) is 5.55. The topological polar surface area (TPSA) is 35.2 Å². The van der Waals surface area contributed by atoms with E-state index in [0.29, 0.717) is 12.1 Å². The Bertz CT molecular complexity index is 103. The fraction of sp³-hybridized carbons (Fsp3) is 1.00. The van der Waals surface area contributed by atoms with Crippen LogP contribution in [0.2, 0.25) is 0 Å². The van der Waals surface area contributed by atoms with Gasteiger partial charge in [-0.2, -0.15) is 0 Å². The predicted molar refractivity (Wildman–Crippen MR) is 35.1 cm³/mol. The summed E-state index contributed by atoms with van der Waals surface area (Å²) < 4.78 is 5.47. The molecule has 3 unspecified atom stereocenters. The van der Waals surface area contributed by atoms with Crippen molar-refractivity contribution < 1.29 is 4.74 Å². The molecule has 2 N–H and O–H groups in total. The summed E-state index contributed by atoms with van der Waals surface area (Å²) in [5.41, 5.74) is 5.74. The van der Waals surface area contributed by atoms with Crippen molar-refractivity contribution >= 4 is 0 Å².